The predicted molar refractivity (Wildman–Crippen MR) is 98.6 cm³/mol. The van der Waals surface area contributed by atoms with Gasteiger partial charge in [0.25, 0.3) is 0 Å². The Bertz CT molecular complexity index is 827. The molecule has 0 fully saturated rings. The summed E-state index contributed by atoms with van der Waals surface area (Å²) in [6, 6.07) is 18.9. The second-order valence-corrected chi connectivity index (χ2v) is 6.36. The quantitative estimate of drug-likeness (QED) is 0.598. The molecule has 0 saturated heterocycles. The van der Waals surface area contributed by atoms with Crippen LogP contribution in [0.5, 0.6) is 11.5 Å². The summed E-state index contributed by atoms with van der Waals surface area (Å²) in [5.41, 5.74) is 2.58. The summed E-state index contributed by atoms with van der Waals surface area (Å²) in [6.45, 7) is 0. The second kappa shape index (κ2) is 7.05. The van der Waals surface area contributed by atoms with E-state index in [1.54, 1.807) is 14.2 Å². The molecule has 23 heavy (non-hydrogen) atoms. The number of halogens is 1. The van der Waals surface area contributed by atoms with Gasteiger partial charge in [-0.3, -0.25) is 0 Å². The van der Waals surface area contributed by atoms with Gasteiger partial charge in [0.1, 0.15) is 11.5 Å². The normalized spacial score (nSPS) is 10.7. The van der Waals surface area contributed by atoms with Gasteiger partial charge in [-0.2, -0.15) is 0 Å². The SMILES string of the molecule is COc1ccc(Br)c(CCc2ccc3ccc(OC)cc3c2)c1. The van der Waals surface area contributed by atoms with Crippen LogP contribution in [-0.4, -0.2) is 14.2 Å². The van der Waals surface area contributed by atoms with Gasteiger partial charge in [0.05, 0.1) is 14.2 Å². The van der Waals surface area contributed by atoms with E-state index in [1.165, 1.54) is 21.9 Å². The molecule has 0 atom stereocenters. The summed E-state index contributed by atoms with van der Waals surface area (Å²) in [5.74, 6) is 1.79. The van der Waals surface area contributed by atoms with Crippen LogP contribution in [0.2, 0.25) is 0 Å². The lowest BCUT2D eigenvalue weighted by Gasteiger charge is -2.09. The summed E-state index contributed by atoms with van der Waals surface area (Å²) in [6.07, 6.45) is 1.95. The molecule has 0 aliphatic rings. The zero-order valence-electron chi connectivity index (χ0n) is 13.3. The van der Waals surface area contributed by atoms with Gasteiger partial charge in [-0.1, -0.05) is 40.2 Å². The molecule has 0 aliphatic carbocycles. The maximum Gasteiger partial charge on any atom is 0.119 e. The molecule has 3 aromatic carbocycles. The maximum absolute atomic E-state index is 5.31. The van der Waals surface area contributed by atoms with Gasteiger partial charge < -0.3 is 9.47 Å². The molecule has 3 heteroatoms. The monoisotopic (exact) mass is 370 g/mol. The highest BCUT2D eigenvalue weighted by Gasteiger charge is 2.04. The minimum Gasteiger partial charge on any atom is -0.497 e. The Kier molecular flexibility index (Phi) is 4.87. The topological polar surface area (TPSA) is 18.5 Å². The van der Waals surface area contributed by atoms with Crippen molar-refractivity contribution in [2.45, 2.75) is 12.8 Å². The van der Waals surface area contributed by atoms with Crippen LogP contribution in [0.15, 0.2) is 59.1 Å². The minimum atomic E-state index is 0.894. The molecule has 0 N–H and O–H groups in total. The Labute approximate surface area is 145 Å². The smallest absolute Gasteiger partial charge is 0.119 e. The molecule has 0 spiro atoms. The number of hydrogen-bond donors (Lipinski definition) is 0. The molecule has 0 amide bonds. The van der Waals surface area contributed by atoms with Gasteiger partial charge in [0.2, 0.25) is 0 Å². The van der Waals surface area contributed by atoms with Crippen molar-refractivity contribution in [1.29, 1.82) is 0 Å². The van der Waals surface area contributed by atoms with Crippen molar-refractivity contribution in [3.05, 3.63) is 70.2 Å². The van der Waals surface area contributed by atoms with Crippen LogP contribution in [-0.2, 0) is 12.8 Å². The Morgan fingerprint density at radius 1 is 0.739 bits per heavy atom. The standard InChI is InChI=1S/C20H19BrO2/c1-22-18-8-7-15-5-3-14(11-17(15)13-18)4-6-16-12-19(23-2)9-10-20(16)21/h3,5,7-13H,4,6H2,1-2H3. The number of ether oxygens (including phenoxy) is 2. The molecule has 0 aliphatic heterocycles. The fourth-order valence-electron chi connectivity index (χ4n) is 2.71. The van der Waals surface area contributed by atoms with Gasteiger partial charge in [-0.15, -0.1) is 0 Å². The first-order chi connectivity index (χ1) is 11.2. The van der Waals surface area contributed by atoms with E-state index >= 15 is 0 Å². The molecule has 118 valence electrons. The highest BCUT2D eigenvalue weighted by Crippen LogP contribution is 2.25. The van der Waals surface area contributed by atoms with E-state index in [0.29, 0.717) is 0 Å². The van der Waals surface area contributed by atoms with Gasteiger partial charge >= 0.3 is 0 Å². The molecule has 0 unspecified atom stereocenters. The van der Waals surface area contributed by atoms with Gasteiger partial charge in [-0.05, 0) is 65.1 Å². The molecule has 0 heterocycles. The van der Waals surface area contributed by atoms with Crippen LogP contribution < -0.4 is 9.47 Å². The number of methoxy groups -OCH3 is 2. The first kappa shape index (κ1) is 15.9. The van der Waals surface area contributed by atoms with E-state index in [0.717, 1.165) is 28.8 Å². The van der Waals surface area contributed by atoms with Crippen LogP contribution in [0.25, 0.3) is 10.8 Å². The van der Waals surface area contributed by atoms with Crippen LogP contribution in [0.4, 0.5) is 0 Å². The lowest BCUT2D eigenvalue weighted by molar-refractivity contribution is 0.414. The molecule has 0 aromatic heterocycles. The summed E-state index contributed by atoms with van der Waals surface area (Å²) in [7, 11) is 3.40. The summed E-state index contributed by atoms with van der Waals surface area (Å²) in [4.78, 5) is 0. The lowest BCUT2D eigenvalue weighted by atomic mass is 10.0. The molecule has 0 saturated carbocycles. The van der Waals surface area contributed by atoms with E-state index in [2.05, 4.69) is 52.3 Å². The zero-order valence-corrected chi connectivity index (χ0v) is 14.9. The van der Waals surface area contributed by atoms with E-state index in [4.69, 9.17) is 9.47 Å². The van der Waals surface area contributed by atoms with Crippen molar-refractivity contribution < 1.29 is 9.47 Å². The van der Waals surface area contributed by atoms with Gasteiger partial charge in [0.15, 0.2) is 0 Å². The van der Waals surface area contributed by atoms with Crippen LogP contribution >= 0.6 is 15.9 Å². The zero-order chi connectivity index (χ0) is 16.2. The molecule has 3 aromatic rings. The van der Waals surface area contributed by atoms with Crippen molar-refractivity contribution in [2.75, 3.05) is 14.2 Å². The van der Waals surface area contributed by atoms with Crippen molar-refractivity contribution in [3.63, 3.8) is 0 Å². The Hall–Kier alpha value is -2.00. The van der Waals surface area contributed by atoms with E-state index in [9.17, 15) is 0 Å². The first-order valence-corrected chi connectivity index (χ1v) is 8.38. The second-order valence-electron chi connectivity index (χ2n) is 5.50. The third-order valence-corrected chi connectivity index (χ3v) is 4.82. The average Bonchev–Trinajstić information content (AvgIpc) is 2.60. The number of aryl methyl sites for hydroxylation is 2. The lowest BCUT2D eigenvalue weighted by Crippen LogP contribution is -1.94. The van der Waals surface area contributed by atoms with Crippen LogP contribution in [0.3, 0.4) is 0 Å². The first-order valence-electron chi connectivity index (χ1n) is 7.58. The van der Waals surface area contributed by atoms with E-state index < -0.39 is 0 Å². The van der Waals surface area contributed by atoms with Crippen molar-refractivity contribution >= 4 is 26.7 Å². The van der Waals surface area contributed by atoms with Gasteiger partial charge in [0, 0.05) is 4.47 Å². The largest absolute Gasteiger partial charge is 0.497 e. The van der Waals surface area contributed by atoms with Crippen molar-refractivity contribution in [2.24, 2.45) is 0 Å². The Morgan fingerprint density at radius 2 is 1.43 bits per heavy atom. The number of benzene rings is 3. The minimum absolute atomic E-state index is 0.894. The number of hydrogen-bond acceptors (Lipinski definition) is 2. The Morgan fingerprint density at radius 3 is 2.22 bits per heavy atom. The fraction of sp³-hybridized carbons (Fsp3) is 0.200. The highest BCUT2D eigenvalue weighted by molar-refractivity contribution is 9.10. The van der Waals surface area contributed by atoms with Crippen LogP contribution in [0, 0.1) is 0 Å². The van der Waals surface area contributed by atoms with E-state index in [-0.39, 0.29) is 0 Å². The molecule has 0 bridgehead atoms. The predicted octanol–water partition coefficient (Wildman–Crippen LogP) is 5.40. The third kappa shape index (κ3) is 3.67. The summed E-state index contributed by atoms with van der Waals surface area (Å²) < 4.78 is 11.7. The van der Waals surface area contributed by atoms with Gasteiger partial charge in [-0.25, -0.2) is 0 Å². The Balaban J connectivity index is 1.81. The molecule has 2 nitrogen and oxygen atoms in total. The maximum atomic E-state index is 5.31. The highest BCUT2D eigenvalue weighted by atomic mass is 79.9. The van der Waals surface area contributed by atoms with Crippen molar-refractivity contribution in [1.82, 2.24) is 0 Å². The molecule has 0 radical (unpaired) electrons. The third-order valence-electron chi connectivity index (χ3n) is 4.05. The fourth-order valence-corrected chi connectivity index (χ4v) is 3.15. The average molecular weight is 371 g/mol. The number of rotatable bonds is 5. The van der Waals surface area contributed by atoms with Crippen molar-refractivity contribution in [3.8, 4) is 11.5 Å². The number of fused-ring (bicyclic) bond motifs is 1. The van der Waals surface area contributed by atoms with E-state index in [1.807, 2.05) is 18.2 Å². The molecule has 3 rings (SSSR count). The van der Waals surface area contributed by atoms with Crippen LogP contribution in [0.1, 0.15) is 11.1 Å². The molecular weight excluding hydrogens is 352 g/mol. The summed E-state index contributed by atoms with van der Waals surface area (Å²) >= 11 is 3.62. The summed E-state index contributed by atoms with van der Waals surface area (Å²) in [5, 5.41) is 2.45. The molecular formula is C20H19BrO2.